The summed E-state index contributed by atoms with van der Waals surface area (Å²) in [5.74, 6) is 2.31. The van der Waals surface area contributed by atoms with Crippen LogP contribution >= 0.6 is 0 Å². The molecule has 0 atom stereocenters. The second-order valence-corrected chi connectivity index (χ2v) is 6.59. The third-order valence-corrected chi connectivity index (χ3v) is 4.70. The molecule has 0 aliphatic rings. The second kappa shape index (κ2) is 7.21. The molecular formula is C22H22N4O. The van der Waals surface area contributed by atoms with Gasteiger partial charge in [0.1, 0.15) is 11.6 Å². The first kappa shape index (κ1) is 17.2. The first-order chi connectivity index (χ1) is 13.2. The number of aromatic nitrogens is 3. The molecule has 0 aliphatic carbocycles. The van der Waals surface area contributed by atoms with Gasteiger partial charge in [0, 0.05) is 16.6 Å². The van der Waals surface area contributed by atoms with Crippen LogP contribution in [0.15, 0.2) is 54.6 Å². The van der Waals surface area contributed by atoms with Crippen LogP contribution in [0.4, 0.5) is 11.6 Å². The average Bonchev–Trinajstić information content (AvgIpc) is 3.07. The number of para-hydroxylation sites is 1. The van der Waals surface area contributed by atoms with Gasteiger partial charge in [0.2, 0.25) is 0 Å². The minimum atomic E-state index is -0.00588. The molecule has 0 radical (unpaired) electrons. The predicted molar refractivity (Wildman–Crippen MR) is 109 cm³/mol. The Kier molecular flexibility index (Phi) is 4.60. The van der Waals surface area contributed by atoms with Crippen molar-refractivity contribution < 1.29 is 5.11 Å². The molecule has 0 spiro atoms. The highest BCUT2D eigenvalue weighted by molar-refractivity contribution is 5.92. The quantitative estimate of drug-likeness (QED) is 0.482. The standard InChI is InChI=1S/C22H22N4O/c1-3-18-14(2)11-20(23-18)25-22-17-9-4-5-10-19(17)24-21(26-22)16-8-6-7-15(12-16)13-27/h4-12,23,27H,3,13H2,1-2H3,(H,24,25,26). The van der Waals surface area contributed by atoms with Crippen LogP contribution in [0.1, 0.15) is 23.7 Å². The molecule has 2 aromatic carbocycles. The van der Waals surface area contributed by atoms with E-state index in [9.17, 15) is 5.11 Å². The molecule has 0 unspecified atom stereocenters. The number of aryl methyl sites for hydroxylation is 2. The minimum Gasteiger partial charge on any atom is -0.392 e. The summed E-state index contributed by atoms with van der Waals surface area (Å²) in [4.78, 5) is 12.9. The Labute approximate surface area is 158 Å². The number of H-pyrrole nitrogens is 1. The Morgan fingerprint density at radius 1 is 1.04 bits per heavy atom. The van der Waals surface area contributed by atoms with Gasteiger partial charge in [-0.2, -0.15) is 0 Å². The molecule has 3 N–H and O–H groups in total. The van der Waals surface area contributed by atoms with E-state index in [1.165, 1.54) is 11.3 Å². The van der Waals surface area contributed by atoms with Crippen LogP contribution in [-0.2, 0) is 13.0 Å². The molecule has 0 aliphatic heterocycles. The zero-order valence-electron chi connectivity index (χ0n) is 15.5. The van der Waals surface area contributed by atoms with Crippen molar-refractivity contribution in [3.8, 4) is 11.4 Å². The maximum atomic E-state index is 9.42. The summed E-state index contributed by atoms with van der Waals surface area (Å²) < 4.78 is 0. The molecule has 0 fully saturated rings. The van der Waals surface area contributed by atoms with E-state index in [4.69, 9.17) is 9.97 Å². The number of nitrogens with one attached hydrogen (secondary N) is 2. The second-order valence-electron chi connectivity index (χ2n) is 6.59. The summed E-state index contributed by atoms with van der Waals surface area (Å²) in [5.41, 5.74) is 5.04. The monoisotopic (exact) mass is 358 g/mol. The van der Waals surface area contributed by atoms with Gasteiger partial charge in [0.15, 0.2) is 5.82 Å². The summed E-state index contributed by atoms with van der Waals surface area (Å²) >= 11 is 0. The molecule has 0 saturated carbocycles. The van der Waals surface area contributed by atoms with E-state index in [2.05, 4.69) is 30.2 Å². The summed E-state index contributed by atoms with van der Waals surface area (Å²) in [5, 5.41) is 13.8. The summed E-state index contributed by atoms with van der Waals surface area (Å²) in [6.45, 7) is 4.23. The van der Waals surface area contributed by atoms with E-state index in [1.54, 1.807) is 0 Å². The van der Waals surface area contributed by atoms with Gasteiger partial charge in [-0.3, -0.25) is 0 Å². The van der Waals surface area contributed by atoms with Crippen molar-refractivity contribution in [2.45, 2.75) is 26.9 Å². The largest absolute Gasteiger partial charge is 0.392 e. The maximum Gasteiger partial charge on any atom is 0.162 e. The Morgan fingerprint density at radius 2 is 1.89 bits per heavy atom. The van der Waals surface area contributed by atoms with Crippen LogP contribution in [-0.4, -0.2) is 20.1 Å². The van der Waals surface area contributed by atoms with Crippen molar-refractivity contribution in [2.75, 3.05) is 5.32 Å². The predicted octanol–water partition coefficient (Wildman–Crippen LogP) is 4.73. The maximum absolute atomic E-state index is 9.42. The first-order valence-corrected chi connectivity index (χ1v) is 9.10. The Morgan fingerprint density at radius 3 is 2.67 bits per heavy atom. The van der Waals surface area contributed by atoms with E-state index >= 15 is 0 Å². The van der Waals surface area contributed by atoms with E-state index < -0.39 is 0 Å². The zero-order chi connectivity index (χ0) is 18.8. The van der Waals surface area contributed by atoms with Crippen molar-refractivity contribution in [3.63, 3.8) is 0 Å². The van der Waals surface area contributed by atoms with E-state index in [0.717, 1.165) is 40.1 Å². The number of benzene rings is 2. The van der Waals surface area contributed by atoms with Gasteiger partial charge in [-0.25, -0.2) is 9.97 Å². The number of aliphatic hydroxyl groups excluding tert-OH is 1. The number of hydrogen-bond donors (Lipinski definition) is 3. The lowest BCUT2D eigenvalue weighted by Crippen LogP contribution is -2.00. The molecule has 0 amide bonds. The van der Waals surface area contributed by atoms with Gasteiger partial charge in [-0.15, -0.1) is 0 Å². The number of aromatic amines is 1. The molecule has 2 heterocycles. The minimum absolute atomic E-state index is 0.00588. The van der Waals surface area contributed by atoms with Gasteiger partial charge < -0.3 is 15.4 Å². The molecular weight excluding hydrogens is 336 g/mol. The third-order valence-electron chi connectivity index (χ3n) is 4.70. The third kappa shape index (κ3) is 3.41. The lowest BCUT2D eigenvalue weighted by Gasteiger charge is -2.10. The molecule has 0 saturated heterocycles. The highest BCUT2D eigenvalue weighted by Gasteiger charge is 2.11. The summed E-state index contributed by atoms with van der Waals surface area (Å²) in [6, 6.07) is 17.7. The Bertz CT molecular complexity index is 1100. The SMILES string of the molecule is CCc1[nH]c(Nc2nc(-c3cccc(CO)c3)nc3ccccc23)cc1C. The molecule has 27 heavy (non-hydrogen) atoms. The van der Waals surface area contributed by atoms with Gasteiger partial charge in [-0.05, 0) is 48.7 Å². The molecule has 5 heteroatoms. The topological polar surface area (TPSA) is 73.8 Å². The molecule has 4 rings (SSSR count). The summed E-state index contributed by atoms with van der Waals surface area (Å²) in [7, 11) is 0. The fourth-order valence-electron chi connectivity index (χ4n) is 3.27. The number of anilines is 2. The average molecular weight is 358 g/mol. The fraction of sp³-hybridized carbons (Fsp3) is 0.182. The molecule has 0 bridgehead atoms. The first-order valence-electron chi connectivity index (χ1n) is 9.10. The van der Waals surface area contributed by atoms with Crippen molar-refractivity contribution in [1.29, 1.82) is 0 Å². The van der Waals surface area contributed by atoms with Crippen LogP contribution in [0.3, 0.4) is 0 Å². The number of rotatable bonds is 5. The number of nitrogens with zero attached hydrogens (tertiary/aromatic N) is 2. The van der Waals surface area contributed by atoms with Crippen LogP contribution in [0.5, 0.6) is 0 Å². The molecule has 4 aromatic rings. The molecule has 136 valence electrons. The van der Waals surface area contributed by atoms with Gasteiger partial charge in [0.05, 0.1) is 12.1 Å². The van der Waals surface area contributed by atoms with E-state index in [-0.39, 0.29) is 6.61 Å². The van der Waals surface area contributed by atoms with E-state index in [1.807, 2.05) is 48.5 Å². The van der Waals surface area contributed by atoms with Crippen molar-refractivity contribution in [2.24, 2.45) is 0 Å². The molecule has 2 aromatic heterocycles. The van der Waals surface area contributed by atoms with Crippen molar-refractivity contribution >= 4 is 22.5 Å². The van der Waals surface area contributed by atoms with Crippen LogP contribution in [0, 0.1) is 6.92 Å². The Hall–Kier alpha value is -3.18. The van der Waals surface area contributed by atoms with Crippen molar-refractivity contribution in [1.82, 2.24) is 15.0 Å². The lowest BCUT2D eigenvalue weighted by atomic mass is 10.1. The van der Waals surface area contributed by atoms with Crippen LogP contribution in [0.25, 0.3) is 22.3 Å². The number of hydrogen-bond acceptors (Lipinski definition) is 4. The van der Waals surface area contributed by atoms with Gasteiger partial charge in [-0.1, -0.05) is 37.3 Å². The Balaban J connectivity index is 1.82. The smallest absolute Gasteiger partial charge is 0.162 e. The normalized spacial score (nSPS) is 11.1. The zero-order valence-corrected chi connectivity index (χ0v) is 15.5. The van der Waals surface area contributed by atoms with E-state index in [0.29, 0.717) is 5.82 Å². The summed E-state index contributed by atoms with van der Waals surface area (Å²) in [6.07, 6.45) is 0.956. The van der Waals surface area contributed by atoms with Gasteiger partial charge >= 0.3 is 0 Å². The number of fused-ring (bicyclic) bond motifs is 1. The number of aliphatic hydroxyl groups is 1. The highest BCUT2D eigenvalue weighted by Crippen LogP contribution is 2.28. The fourth-order valence-corrected chi connectivity index (χ4v) is 3.27. The van der Waals surface area contributed by atoms with Gasteiger partial charge in [0.25, 0.3) is 0 Å². The van der Waals surface area contributed by atoms with Crippen molar-refractivity contribution in [3.05, 3.63) is 71.4 Å². The molecule has 5 nitrogen and oxygen atoms in total. The van der Waals surface area contributed by atoms with Crippen LogP contribution < -0.4 is 5.32 Å². The lowest BCUT2D eigenvalue weighted by molar-refractivity contribution is 0.282. The highest BCUT2D eigenvalue weighted by atomic mass is 16.3. The van der Waals surface area contributed by atoms with Crippen LogP contribution in [0.2, 0.25) is 0 Å².